The van der Waals surface area contributed by atoms with Crippen molar-refractivity contribution in [3.8, 4) is 11.1 Å². The summed E-state index contributed by atoms with van der Waals surface area (Å²) < 4.78 is 0. The van der Waals surface area contributed by atoms with Crippen LogP contribution in [0, 0.1) is 17.0 Å². The Bertz CT molecular complexity index is 1120. The van der Waals surface area contributed by atoms with Gasteiger partial charge in [0.15, 0.2) is 0 Å². The molecule has 28 heavy (non-hydrogen) atoms. The molecule has 1 aliphatic heterocycles. The van der Waals surface area contributed by atoms with E-state index in [0.29, 0.717) is 22.3 Å². The first-order chi connectivity index (χ1) is 13.5. The third kappa shape index (κ3) is 2.75. The largest absolute Gasteiger partial charge is 0.277 e. The number of carbonyl (C=O) groups excluding carboxylic acids is 2. The lowest BCUT2D eigenvalue weighted by Crippen LogP contribution is -2.29. The summed E-state index contributed by atoms with van der Waals surface area (Å²) in [5.41, 5.74) is 2.68. The van der Waals surface area contributed by atoms with E-state index in [1.807, 2.05) is 30.3 Å². The Kier molecular flexibility index (Phi) is 4.24. The fourth-order valence-corrected chi connectivity index (χ4v) is 3.56. The summed E-state index contributed by atoms with van der Waals surface area (Å²) in [6.07, 6.45) is 0. The molecule has 4 rings (SSSR count). The van der Waals surface area contributed by atoms with Gasteiger partial charge in [0.05, 0.1) is 28.2 Å². The van der Waals surface area contributed by atoms with Crippen molar-refractivity contribution < 1.29 is 14.5 Å². The molecular formula is C22H16N2O4. The van der Waals surface area contributed by atoms with E-state index in [1.54, 1.807) is 37.3 Å². The quantitative estimate of drug-likeness (QED) is 0.387. The molecule has 0 unspecified atom stereocenters. The van der Waals surface area contributed by atoms with E-state index in [0.717, 1.165) is 5.56 Å². The molecule has 0 radical (unpaired) electrons. The molecule has 3 aromatic carbocycles. The summed E-state index contributed by atoms with van der Waals surface area (Å²) in [5.74, 6) is -0.803. The average molecular weight is 372 g/mol. The highest BCUT2D eigenvalue weighted by Crippen LogP contribution is 2.38. The van der Waals surface area contributed by atoms with Crippen LogP contribution in [0.15, 0.2) is 66.7 Å². The number of rotatable bonds is 4. The second kappa shape index (κ2) is 6.74. The highest BCUT2D eigenvalue weighted by Gasteiger charge is 2.39. The second-order valence-electron chi connectivity index (χ2n) is 6.64. The van der Waals surface area contributed by atoms with Crippen LogP contribution in [-0.2, 0) is 6.54 Å². The first-order valence-corrected chi connectivity index (χ1v) is 8.76. The van der Waals surface area contributed by atoms with E-state index in [1.165, 1.54) is 11.0 Å². The topological polar surface area (TPSA) is 80.5 Å². The van der Waals surface area contributed by atoms with Gasteiger partial charge in [-0.05, 0) is 24.1 Å². The first kappa shape index (κ1) is 17.6. The van der Waals surface area contributed by atoms with Gasteiger partial charge >= 0.3 is 0 Å². The van der Waals surface area contributed by atoms with Gasteiger partial charge < -0.3 is 0 Å². The minimum Gasteiger partial charge on any atom is -0.270 e. The molecule has 0 N–H and O–H groups in total. The molecule has 2 amide bonds. The van der Waals surface area contributed by atoms with Gasteiger partial charge in [0.2, 0.25) is 0 Å². The van der Waals surface area contributed by atoms with Crippen molar-refractivity contribution in [2.45, 2.75) is 13.5 Å². The summed E-state index contributed by atoms with van der Waals surface area (Å²) in [6.45, 7) is 1.92. The summed E-state index contributed by atoms with van der Waals surface area (Å²) >= 11 is 0. The lowest BCUT2D eigenvalue weighted by molar-refractivity contribution is -0.384. The smallest absolute Gasteiger partial charge is 0.270 e. The molecule has 138 valence electrons. The number of nitrogens with zero attached hydrogens (tertiary/aromatic N) is 2. The maximum atomic E-state index is 13.2. The fourth-order valence-electron chi connectivity index (χ4n) is 3.56. The maximum Gasteiger partial charge on any atom is 0.277 e. The molecule has 0 spiro atoms. The van der Waals surface area contributed by atoms with E-state index in [4.69, 9.17) is 0 Å². The number of carbonyl (C=O) groups is 2. The van der Waals surface area contributed by atoms with Crippen LogP contribution in [0.3, 0.4) is 0 Å². The third-order valence-corrected chi connectivity index (χ3v) is 4.91. The SMILES string of the molecule is Cc1ccc(-c2ccccc2[N+](=O)[O-])c2c1C(=O)N(Cc1ccccc1)C2=O. The highest BCUT2D eigenvalue weighted by molar-refractivity contribution is 6.24. The monoisotopic (exact) mass is 372 g/mol. The molecule has 0 atom stereocenters. The van der Waals surface area contributed by atoms with Crippen molar-refractivity contribution in [1.29, 1.82) is 0 Å². The zero-order valence-electron chi connectivity index (χ0n) is 15.1. The van der Waals surface area contributed by atoms with Gasteiger partial charge in [-0.25, -0.2) is 0 Å². The number of benzene rings is 3. The molecule has 1 aliphatic rings. The van der Waals surface area contributed by atoms with Crippen LogP contribution in [0.1, 0.15) is 31.8 Å². The summed E-state index contributed by atoms with van der Waals surface area (Å²) in [7, 11) is 0. The van der Waals surface area contributed by atoms with Crippen molar-refractivity contribution >= 4 is 17.5 Å². The van der Waals surface area contributed by atoms with Crippen molar-refractivity contribution in [2.75, 3.05) is 0 Å². The summed E-state index contributed by atoms with van der Waals surface area (Å²) in [6, 6.07) is 18.9. The van der Waals surface area contributed by atoms with Crippen LogP contribution >= 0.6 is 0 Å². The van der Waals surface area contributed by atoms with E-state index in [-0.39, 0.29) is 23.7 Å². The minimum absolute atomic E-state index is 0.102. The van der Waals surface area contributed by atoms with E-state index >= 15 is 0 Å². The number of fused-ring (bicyclic) bond motifs is 1. The van der Waals surface area contributed by atoms with E-state index < -0.39 is 10.8 Å². The van der Waals surface area contributed by atoms with Gasteiger partial charge in [-0.3, -0.25) is 24.6 Å². The van der Waals surface area contributed by atoms with Crippen LogP contribution in [0.25, 0.3) is 11.1 Å². The Morgan fingerprint density at radius 2 is 1.46 bits per heavy atom. The standard InChI is InChI=1S/C22H16N2O4/c1-14-11-12-17(16-9-5-6-10-18(16)24(27)28)20-19(14)21(25)23(22(20)26)13-15-7-3-2-4-8-15/h2-12H,13H2,1H3. The number of nitro benzene ring substituents is 1. The zero-order valence-corrected chi connectivity index (χ0v) is 15.1. The minimum atomic E-state index is -0.482. The molecule has 0 saturated heterocycles. The normalized spacial score (nSPS) is 13.0. The zero-order chi connectivity index (χ0) is 19.8. The van der Waals surface area contributed by atoms with E-state index in [2.05, 4.69) is 0 Å². The van der Waals surface area contributed by atoms with Crippen molar-refractivity contribution in [2.24, 2.45) is 0 Å². The molecule has 0 aromatic heterocycles. The number of imide groups is 1. The number of hydrogen-bond acceptors (Lipinski definition) is 4. The van der Waals surface area contributed by atoms with Gasteiger partial charge in [0, 0.05) is 11.6 Å². The molecule has 0 bridgehead atoms. The Balaban J connectivity index is 1.86. The molecule has 1 heterocycles. The molecule has 0 fully saturated rings. The lowest BCUT2D eigenvalue weighted by Gasteiger charge is -2.14. The highest BCUT2D eigenvalue weighted by atomic mass is 16.6. The predicted octanol–water partition coefficient (Wildman–Crippen LogP) is 4.37. The Labute approximate surface area is 161 Å². The maximum absolute atomic E-state index is 13.2. The fraction of sp³-hybridized carbons (Fsp3) is 0.0909. The molecule has 3 aromatic rings. The number of aryl methyl sites for hydroxylation is 1. The molecular weight excluding hydrogens is 356 g/mol. The molecule has 0 saturated carbocycles. The van der Waals surface area contributed by atoms with Crippen molar-refractivity contribution in [3.05, 3.63) is 99.1 Å². The van der Waals surface area contributed by atoms with Crippen LogP contribution in [-0.4, -0.2) is 21.6 Å². The molecule has 6 nitrogen and oxygen atoms in total. The average Bonchev–Trinajstić information content (AvgIpc) is 2.95. The van der Waals surface area contributed by atoms with Crippen molar-refractivity contribution in [3.63, 3.8) is 0 Å². The van der Waals surface area contributed by atoms with Crippen LogP contribution < -0.4 is 0 Å². The van der Waals surface area contributed by atoms with Crippen molar-refractivity contribution in [1.82, 2.24) is 4.90 Å². The van der Waals surface area contributed by atoms with Gasteiger partial charge in [0.25, 0.3) is 17.5 Å². The van der Waals surface area contributed by atoms with E-state index in [9.17, 15) is 19.7 Å². The Morgan fingerprint density at radius 1 is 0.821 bits per heavy atom. The van der Waals surface area contributed by atoms with Gasteiger partial charge in [0.1, 0.15) is 0 Å². The number of para-hydroxylation sites is 1. The molecule has 6 heteroatoms. The number of nitro groups is 1. The third-order valence-electron chi connectivity index (χ3n) is 4.91. The number of amides is 2. The van der Waals surface area contributed by atoms with Gasteiger partial charge in [-0.15, -0.1) is 0 Å². The Morgan fingerprint density at radius 3 is 2.18 bits per heavy atom. The van der Waals surface area contributed by atoms with Crippen LogP contribution in [0.2, 0.25) is 0 Å². The summed E-state index contributed by atoms with van der Waals surface area (Å²) in [4.78, 5) is 38.4. The van der Waals surface area contributed by atoms with Crippen LogP contribution in [0.4, 0.5) is 5.69 Å². The number of hydrogen-bond donors (Lipinski definition) is 0. The van der Waals surface area contributed by atoms with Crippen LogP contribution in [0.5, 0.6) is 0 Å². The predicted molar refractivity (Wildman–Crippen MR) is 104 cm³/mol. The van der Waals surface area contributed by atoms with Gasteiger partial charge in [-0.2, -0.15) is 0 Å². The van der Waals surface area contributed by atoms with Gasteiger partial charge in [-0.1, -0.05) is 54.6 Å². The lowest BCUT2D eigenvalue weighted by atomic mass is 9.93. The molecule has 0 aliphatic carbocycles. The summed E-state index contributed by atoms with van der Waals surface area (Å²) in [5, 5.41) is 11.5. The second-order valence-corrected chi connectivity index (χ2v) is 6.64. The Hall–Kier alpha value is -3.80. The first-order valence-electron chi connectivity index (χ1n) is 8.76.